The SMILES string of the molecule is CCOc1cc(/C=C/C(=O)N(C)Cc2nc(CC)no2)ccc1OC(F)F. The largest absolute Gasteiger partial charge is 0.490 e. The molecule has 0 radical (unpaired) electrons. The number of benzene rings is 1. The Morgan fingerprint density at radius 1 is 1.33 bits per heavy atom. The van der Waals surface area contributed by atoms with Gasteiger partial charge in [-0.2, -0.15) is 13.8 Å². The van der Waals surface area contributed by atoms with Crippen LogP contribution in [0.2, 0.25) is 0 Å². The van der Waals surface area contributed by atoms with Crippen molar-refractivity contribution in [2.24, 2.45) is 0 Å². The van der Waals surface area contributed by atoms with Crippen LogP contribution in [0.15, 0.2) is 28.8 Å². The number of hydrogen-bond acceptors (Lipinski definition) is 6. The second-order valence-corrected chi connectivity index (χ2v) is 5.50. The van der Waals surface area contributed by atoms with E-state index < -0.39 is 6.61 Å². The summed E-state index contributed by atoms with van der Waals surface area (Å²) in [6, 6.07) is 4.45. The van der Waals surface area contributed by atoms with Gasteiger partial charge in [0.15, 0.2) is 17.3 Å². The van der Waals surface area contributed by atoms with Crippen LogP contribution < -0.4 is 9.47 Å². The van der Waals surface area contributed by atoms with Crippen LogP contribution in [0.4, 0.5) is 8.78 Å². The van der Waals surface area contributed by atoms with Gasteiger partial charge >= 0.3 is 6.61 Å². The number of nitrogens with zero attached hydrogens (tertiary/aromatic N) is 3. The molecule has 0 unspecified atom stereocenters. The highest BCUT2D eigenvalue weighted by atomic mass is 19.3. The number of hydrogen-bond donors (Lipinski definition) is 0. The number of likely N-dealkylation sites (N-methyl/N-ethyl adjacent to an activating group) is 1. The normalized spacial score (nSPS) is 11.2. The molecule has 0 aliphatic rings. The van der Waals surface area contributed by atoms with Crippen molar-refractivity contribution in [3.63, 3.8) is 0 Å². The summed E-state index contributed by atoms with van der Waals surface area (Å²) >= 11 is 0. The van der Waals surface area contributed by atoms with E-state index in [1.54, 1.807) is 26.1 Å². The third-order valence-corrected chi connectivity index (χ3v) is 3.48. The zero-order valence-corrected chi connectivity index (χ0v) is 15.3. The van der Waals surface area contributed by atoms with Crippen molar-refractivity contribution in [1.82, 2.24) is 15.0 Å². The first kappa shape index (κ1) is 20.3. The van der Waals surface area contributed by atoms with Crippen LogP contribution in [0.3, 0.4) is 0 Å². The van der Waals surface area contributed by atoms with Gasteiger partial charge in [0.2, 0.25) is 11.8 Å². The van der Waals surface area contributed by atoms with Gasteiger partial charge in [-0.1, -0.05) is 18.1 Å². The highest BCUT2D eigenvalue weighted by Gasteiger charge is 2.13. The average Bonchev–Trinajstić information content (AvgIpc) is 3.09. The minimum atomic E-state index is -2.95. The summed E-state index contributed by atoms with van der Waals surface area (Å²) in [6.45, 7) is 1.16. The number of amides is 1. The van der Waals surface area contributed by atoms with Crippen molar-refractivity contribution in [3.05, 3.63) is 41.6 Å². The summed E-state index contributed by atoms with van der Waals surface area (Å²) in [5.74, 6) is 0.769. The maximum absolute atomic E-state index is 12.4. The summed E-state index contributed by atoms with van der Waals surface area (Å²) in [5.41, 5.74) is 0.605. The Morgan fingerprint density at radius 2 is 2.11 bits per heavy atom. The molecular weight excluding hydrogens is 360 g/mol. The minimum Gasteiger partial charge on any atom is -0.490 e. The lowest BCUT2D eigenvalue weighted by Gasteiger charge is -2.13. The minimum absolute atomic E-state index is 0.0597. The number of carbonyl (C=O) groups is 1. The van der Waals surface area contributed by atoms with Gasteiger partial charge in [-0.25, -0.2) is 0 Å². The van der Waals surface area contributed by atoms with E-state index in [4.69, 9.17) is 9.26 Å². The number of rotatable bonds is 9. The molecule has 1 heterocycles. The molecule has 0 atom stereocenters. The molecule has 146 valence electrons. The van der Waals surface area contributed by atoms with E-state index >= 15 is 0 Å². The molecule has 7 nitrogen and oxygen atoms in total. The van der Waals surface area contributed by atoms with Gasteiger partial charge in [-0.05, 0) is 30.7 Å². The molecule has 2 aromatic rings. The third-order valence-electron chi connectivity index (χ3n) is 3.48. The molecule has 2 rings (SSSR count). The summed E-state index contributed by atoms with van der Waals surface area (Å²) in [4.78, 5) is 17.8. The van der Waals surface area contributed by atoms with Crippen molar-refractivity contribution >= 4 is 12.0 Å². The molecule has 0 aliphatic carbocycles. The summed E-state index contributed by atoms with van der Waals surface area (Å²) in [7, 11) is 1.60. The van der Waals surface area contributed by atoms with Crippen LogP contribution in [0.1, 0.15) is 31.1 Å². The molecule has 1 amide bonds. The van der Waals surface area contributed by atoms with Crippen molar-refractivity contribution in [2.75, 3.05) is 13.7 Å². The Bertz CT molecular complexity index is 793. The predicted octanol–water partition coefficient (Wildman–Crippen LogP) is 3.30. The van der Waals surface area contributed by atoms with Gasteiger partial charge in [0.1, 0.15) is 0 Å². The molecular formula is C18H21F2N3O4. The first-order valence-electron chi connectivity index (χ1n) is 8.39. The fraction of sp³-hybridized carbons (Fsp3) is 0.389. The molecule has 0 aliphatic heterocycles. The van der Waals surface area contributed by atoms with Crippen molar-refractivity contribution in [1.29, 1.82) is 0 Å². The highest BCUT2D eigenvalue weighted by Crippen LogP contribution is 2.30. The number of aryl methyl sites for hydroxylation is 1. The Balaban J connectivity index is 2.04. The zero-order valence-electron chi connectivity index (χ0n) is 15.3. The zero-order chi connectivity index (χ0) is 19.8. The van der Waals surface area contributed by atoms with E-state index in [0.29, 0.717) is 30.3 Å². The summed E-state index contributed by atoms with van der Waals surface area (Å²) in [5, 5.41) is 3.78. The molecule has 1 aromatic heterocycles. The fourth-order valence-corrected chi connectivity index (χ4v) is 2.16. The average molecular weight is 381 g/mol. The van der Waals surface area contributed by atoms with Crippen molar-refractivity contribution in [3.8, 4) is 11.5 Å². The van der Waals surface area contributed by atoms with Crippen LogP contribution in [0.5, 0.6) is 11.5 Å². The standard InChI is InChI=1S/C18H21F2N3O4/c1-4-15-21-16(27-22-15)11-23(3)17(24)9-7-12-6-8-13(26-18(19)20)14(10-12)25-5-2/h6-10,18H,4-5,11H2,1-3H3/b9-7+. The number of alkyl halides is 2. The fourth-order valence-electron chi connectivity index (χ4n) is 2.16. The van der Waals surface area contributed by atoms with E-state index in [-0.39, 0.29) is 24.0 Å². The lowest BCUT2D eigenvalue weighted by atomic mass is 10.2. The van der Waals surface area contributed by atoms with Crippen LogP contribution in [-0.4, -0.2) is 41.2 Å². The van der Waals surface area contributed by atoms with E-state index in [1.165, 1.54) is 23.1 Å². The first-order valence-corrected chi connectivity index (χ1v) is 8.39. The molecule has 0 bridgehead atoms. The monoisotopic (exact) mass is 381 g/mol. The topological polar surface area (TPSA) is 77.7 Å². The molecule has 9 heteroatoms. The predicted molar refractivity (Wildman–Crippen MR) is 93.4 cm³/mol. The van der Waals surface area contributed by atoms with Gasteiger partial charge in [-0.3, -0.25) is 4.79 Å². The second kappa shape index (κ2) is 9.65. The van der Waals surface area contributed by atoms with E-state index in [0.717, 1.165) is 0 Å². The molecule has 0 fully saturated rings. The number of aromatic nitrogens is 2. The molecule has 0 spiro atoms. The van der Waals surface area contributed by atoms with Crippen molar-refractivity contribution in [2.45, 2.75) is 33.4 Å². The van der Waals surface area contributed by atoms with E-state index in [2.05, 4.69) is 14.9 Å². The van der Waals surface area contributed by atoms with Crippen LogP contribution in [-0.2, 0) is 17.8 Å². The highest BCUT2D eigenvalue weighted by molar-refractivity contribution is 5.91. The summed E-state index contributed by atoms with van der Waals surface area (Å²) in [6.07, 6.45) is 3.56. The van der Waals surface area contributed by atoms with Crippen LogP contribution >= 0.6 is 0 Å². The Labute approximate surface area is 155 Å². The molecule has 0 saturated carbocycles. The van der Waals surface area contributed by atoms with Crippen LogP contribution in [0.25, 0.3) is 6.08 Å². The van der Waals surface area contributed by atoms with E-state index in [1.807, 2.05) is 6.92 Å². The third kappa shape index (κ3) is 6.05. The maximum Gasteiger partial charge on any atom is 0.387 e. The molecule has 0 saturated heterocycles. The van der Waals surface area contributed by atoms with Gasteiger partial charge in [-0.15, -0.1) is 0 Å². The molecule has 1 aromatic carbocycles. The Kier molecular flexibility index (Phi) is 7.27. The Morgan fingerprint density at radius 3 is 2.74 bits per heavy atom. The first-order chi connectivity index (χ1) is 12.9. The Hall–Kier alpha value is -2.97. The van der Waals surface area contributed by atoms with Gasteiger partial charge in [0.25, 0.3) is 0 Å². The lowest BCUT2D eigenvalue weighted by Crippen LogP contribution is -2.24. The van der Waals surface area contributed by atoms with Gasteiger partial charge in [0, 0.05) is 19.5 Å². The molecule has 0 N–H and O–H groups in total. The number of halogens is 2. The molecule has 27 heavy (non-hydrogen) atoms. The van der Waals surface area contributed by atoms with Crippen LogP contribution in [0, 0.1) is 0 Å². The van der Waals surface area contributed by atoms with Gasteiger partial charge in [0.05, 0.1) is 13.2 Å². The second-order valence-electron chi connectivity index (χ2n) is 5.50. The van der Waals surface area contributed by atoms with Crippen molar-refractivity contribution < 1.29 is 27.6 Å². The van der Waals surface area contributed by atoms with Gasteiger partial charge < -0.3 is 18.9 Å². The number of carbonyl (C=O) groups excluding carboxylic acids is 1. The number of ether oxygens (including phenoxy) is 2. The lowest BCUT2D eigenvalue weighted by molar-refractivity contribution is -0.125. The smallest absolute Gasteiger partial charge is 0.387 e. The maximum atomic E-state index is 12.4. The quantitative estimate of drug-likeness (QED) is 0.620. The van der Waals surface area contributed by atoms with E-state index in [9.17, 15) is 13.6 Å². The summed E-state index contributed by atoms with van der Waals surface area (Å²) < 4.78 is 39.6.